The molecule has 3 heterocycles. The fourth-order valence-corrected chi connectivity index (χ4v) is 4.69. The maximum atomic E-state index is 13.2. The van der Waals surface area contributed by atoms with Gasteiger partial charge in [0.05, 0.1) is 12.2 Å². The number of piperidine rings is 1. The first-order valence-electron chi connectivity index (χ1n) is 11.8. The van der Waals surface area contributed by atoms with Crippen LogP contribution in [0.2, 0.25) is 0 Å². The molecular weight excluding hydrogens is 428 g/mol. The van der Waals surface area contributed by atoms with Gasteiger partial charge in [0.2, 0.25) is 0 Å². The van der Waals surface area contributed by atoms with Crippen molar-refractivity contribution in [2.45, 2.75) is 32.5 Å². The SMILES string of the molecule is Cc1nocc1-c1ccc2c(=O)n(Cc3cccc(C(O)NCC4CCNCC4)c3)ccc2c1. The Labute approximate surface area is 198 Å². The van der Waals surface area contributed by atoms with Crippen LogP contribution in [0.5, 0.6) is 0 Å². The number of nitrogens with zero attached hydrogens (tertiary/aromatic N) is 2. The van der Waals surface area contributed by atoms with Gasteiger partial charge in [-0.3, -0.25) is 10.1 Å². The van der Waals surface area contributed by atoms with Gasteiger partial charge < -0.3 is 19.5 Å². The van der Waals surface area contributed by atoms with Crippen LogP contribution in [-0.4, -0.2) is 34.5 Å². The van der Waals surface area contributed by atoms with Gasteiger partial charge in [0.25, 0.3) is 5.56 Å². The van der Waals surface area contributed by atoms with Gasteiger partial charge in [0.15, 0.2) is 0 Å². The van der Waals surface area contributed by atoms with E-state index in [-0.39, 0.29) is 5.56 Å². The molecule has 0 aliphatic carbocycles. The fraction of sp³-hybridized carbons (Fsp3) is 0.333. The van der Waals surface area contributed by atoms with Crippen molar-refractivity contribution in [3.05, 3.63) is 88.2 Å². The summed E-state index contributed by atoms with van der Waals surface area (Å²) in [4.78, 5) is 13.2. The predicted molar refractivity (Wildman–Crippen MR) is 133 cm³/mol. The third-order valence-corrected chi connectivity index (χ3v) is 6.72. The van der Waals surface area contributed by atoms with Crippen molar-refractivity contribution < 1.29 is 9.63 Å². The smallest absolute Gasteiger partial charge is 0.258 e. The second-order valence-corrected chi connectivity index (χ2v) is 9.11. The molecule has 2 aromatic heterocycles. The minimum atomic E-state index is -0.720. The molecule has 0 spiro atoms. The zero-order valence-corrected chi connectivity index (χ0v) is 19.3. The molecular formula is C27H30N4O3. The van der Waals surface area contributed by atoms with Crippen LogP contribution in [0.15, 0.2) is 70.3 Å². The van der Waals surface area contributed by atoms with Crippen LogP contribution in [0.25, 0.3) is 21.9 Å². The zero-order valence-electron chi connectivity index (χ0n) is 19.3. The van der Waals surface area contributed by atoms with E-state index in [0.29, 0.717) is 17.8 Å². The Morgan fingerprint density at radius 1 is 1.21 bits per heavy atom. The van der Waals surface area contributed by atoms with E-state index in [1.807, 2.05) is 61.7 Å². The van der Waals surface area contributed by atoms with Crippen LogP contribution in [0.3, 0.4) is 0 Å². The van der Waals surface area contributed by atoms with E-state index in [0.717, 1.165) is 65.8 Å². The van der Waals surface area contributed by atoms with Crippen LogP contribution in [0.4, 0.5) is 0 Å². The van der Waals surface area contributed by atoms with Crippen LogP contribution in [0.1, 0.15) is 35.9 Å². The van der Waals surface area contributed by atoms with Gasteiger partial charge in [-0.25, -0.2) is 0 Å². The first kappa shape index (κ1) is 22.5. The molecule has 3 N–H and O–H groups in total. The van der Waals surface area contributed by atoms with Crippen LogP contribution in [-0.2, 0) is 6.54 Å². The lowest BCUT2D eigenvalue weighted by Crippen LogP contribution is -2.35. The van der Waals surface area contributed by atoms with Crippen LogP contribution >= 0.6 is 0 Å². The third-order valence-electron chi connectivity index (χ3n) is 6.72. The minimum absolute atomic E-state index is 0.0407. The highest BCUT2D eigenvalue weighted by Crippen LogP contribution is 2.25. The van der Waals surface area contributed by atoms with Crippen molar-refractivity contribution in [2.24, 2.45) is 5.92 Å². The molecule has 1 unspecified atom stereocenters. The van der Waals surface area contributed by atoms with Crippen molar-refractivity contribution in [1.82, 2.24) is 20.4 Å². The molecule has 176 valence electrons. The fourth-order valence-electron chi connectivity index (χ4n) is 4.69. The lowest BCUT2D eigenvalue weighted by molar-refractivity contribution is 0.129. The summed E-state index contributed by atoms with van der Waals surface area (Å²) in [5.74, 6) is 0.587. The minimum Gasteiger partial charge on any atom is -0.374 e. The molecule has 34 heavy (non-hydrogen) atoms. The molecule has 7 heteroatoms. The number of nitrogens with one attached hydrogen (secondary N) is 2. The number of fused-ring (bicyclic) bond motifs is 1. The summed E-state index contributed by atoms with van der Waals surface area (Å²) in [6.45, 7) is 5.22. The summed E-state index contributed by atoms with van der Waals surface area (Å²) >= 11 is 0. The molecule has 0 bridgehead atoms. The standard InChI is InChI=1S/C27H30N4O3/c1-18-25(17-34-30-18)21-5-6-24-22(14-21)9-12-31(27(24)33)16-20-3-2-4-23(13-20)26(32)29-15-19-7-10-28-11-8-19/h2-6,9,12-14,17,19,26,28-29,32H,7-8,10-11,15-16H2,1H3. The Bertz CT molecular complexity index is 1340. The van der Waals surface area contributed by atoms with Crippen LogP contribution < -0.4 is 16.2 Å². The van der Waals surface area contributed by atoms with E-state index >= 15 is 0 Å². The lowest BCUT2D eigenvalue weighted by Gasteiger charge is -2.24. The highest BCUT2D eigenvalue weighted by Gasteiger charge is 2.15. The number of aryl methyl sites for hydroxylation is 1. The van der Waals surface area contributed by atoms with Gasteiger partial charge >= 0.3 is 0 Å². The second-order valence-electron chi connectivity index (χ2n) is 9.11. The Morgan fingerprint density at radius 3 is 2.85 bits per heavy atom. The number of hydrogen-bond acceptors (Lipinski definition) is 6. The highest BCUT2D eigenvalue weighted by molar-refractivity contribution is 5.86. The molecule has 4 aromatic rings. The summed E-state index contributed by atoms with van der Waals surface area (Å²) in [7, 11) is 0. The van der Waals surface area contributed by atoms with Gasteiger partial charge in [0, 0.05) is 23.7 Å². The van der Waals surface area contributed by atoms with Crippen molar-refractivity contribution in [3.63, 3.8) is 0 Å². The van der Waals surface area contributed by atoms with E-state index in [9.17, 15) is 9.90 Å². The Balaban J connectivity index is 1.32. The number of aromatic nitrogens is 2. The molecule has 1 saturated heterocycles. The maximum Gasteiger partial charge on any atom is 0.258 e. The van der Waals surface area contributed by atoms with E-state index < -0.39 is 6.23 Å². The van der Waals surface area contributed by atoms with E-state index in [1.165, 1.54) is 0 Å². The molecule has 1 fully saturated rings. The Kier molecular flexibility index (Phi) is 6.58. The van der Waals surface area contributed by atoms with Gasteiger partial charge in [-0.2, -0.15) is 0 Å². The molecule has 7 nitrogen and oxygen atoms in total. The Morgan fingerprint density at radius 2 is 2.06 bits per heavy atom. The summed E-state index contributed by atoms with van der Waals surface area (Å²) < 4.78 is 6.76. The molecule has 0 radical (unpaired) electrons. The number of rotatable bonds is 7. The number of aliphatic hydroxyl groups is 1. The van der Waals surface area contributed by atoms with Crippen molar-refractivity contribution in [2.75, 3.05) is 19.6 Å². The molecule has 0 saturated carbocycles. The van der Waals surface area contributed by atoms with E-state index in [1.54, 1.807) is 10.8 Å². The summed E-state index contributed by atoms with van der Waals surface area (Å²) in [6, 6.07) is 15.5. The quantitative estimate of drug-likeness (QED) is 0.367. The monoisotopic (exact) mass is 458 g/mol. The van der Waals surface area contributed by atoms with E-state index in [4.69, 9.17) is 4.52 Å². The van der Waals surface area contributed by atoms with Gasteiger partial charge in [-0.1, -0.05) is 35.5 Å². The topological polar surface area (TPSA) is 92.3 Å². The lowest BCUT2D eigenvalue weighted by atomic mass is 9.98. The molecule has 1 aliphatic heterocycles. The number of pyridine rings is 1. The van der Waals surface area contributed by atoms with Crippen LogP contribution in [0, 0.1) is 12.8 Å². The average molecular weight is 459 g/mol. The normalized spacial score (nSPS) is 15.6. The molecule has 1 atom stereocenters. The summed E-state index contributed by atoms with van der Waals surface area (Å²) in [6.07, 6.45) is 4.99. The number of benzene rings is 2. The molecule has 5 rings (SSSR count). The first-order chi connectivity index (χ1) is 16.6. The van der Waals surface area contributed by atoms with Crippen molar-refractivity contribution in [1.29, 1.82) is 0 Å². The second kappa shape index (κ2) is 9.93. The average Bonchev–Trinajstić information content (AvgIpc) is 3.30. The summed E-state index contributed by atoms with van der Waals surface area (Å²) in [5, 5.41) is 22.8. The van der Waals surface area contributed by atoms with Gasteiger partial charge in [-0.15, -0.1) is 0 Å². The zero-order chi connectivity index (χ0) is 23.5. The number of hydrogen-bond donors (Lipinski definition) is 3. The highest BCUT2D eigenvalue weighted by atomic mass is 16.5. The predicted octanol–water partition coefficient (Wildman–Crippen LogP) is 3.59. The largest absolute Gasteiger partial charge is 0.374 e. The molecule has 0 amide bonds. The maximum absolute atomic E-state index is 13.2. The van der Waals surface area contributed by atoms with Crippen molar-refractivity contribution >= 4 is 10.8 Å². The Hall–Kier alpha value is -3.26. The van der Waals surface area contributed by atoms with E-state index in [2.05, 4.69) is 15.8 Å². The summed E-state index contributed by atoms with van der Waals surface area (Å²) in [5.41, 5.74) is 4.46. The van der Waals surface area contributed by atoms with Crippen molar-refractivity contribution in [3.8, 4) is 11.1 Å². The third kappa shape index (κ3) is 4.82. The number of aliphatic hydroxyl groups excluding tert-OH is 1. The molecule has 1 aliphatic rings. The van der Waals surface area contributed by atoms with Gasteiger partial charge in [-0.05, 0) is 79.0 Å². The first-order valence-corrected chi connectivity index (χ1v) is 11.8. The van der Waals surface area contributed by atoms with Gasteiger partial charge in [0.1, 0.15) is 12.5 Å². The molecule has 2 aromatic carbocycles.